The monoisotopic (exact) mass is 306 g/mol. The molecule has 2 saturated carbocycles. The molecule has 122 valence electrons. The average Bonchev–Trinajstić information content (AvgIpc) is 2.92. The summed E-state index contributed by atoms with van der Waals surface area (Å²) in [5.41, 5.74) is -0.219. The van der Waals surface area contributed by atoms with Gasteiger partial charge in [-0.2, -0.15) is 0 Å². The van der Waals surface area contributed by atoms with Gasteiger partial charge >= 0.3 is 11.9 Å². The van der Waals surface area contributed by atoms with Crippen LogP contribution in [0.2, 0.25) is 0 Å². The summed E-state index contributed by atoms with van der Waals surface area (Å²) in [5, 5.41) is 0. The SMILES string of the molecule is C[C@@H]1C[C@H](CC[C@@H]2CC[C@]3(C)CC2OC3=O)C2CC1OC2=O. The zero-order valence-electron chi connectivity index (χ0n) is 13.5. The lowest BCUT2D eigenvalue weighted by Gasteiger charge is -2.33. The van der Waals surface area contributed by atoms with Crippen molar-refractivity contribution in [2.24, 2.45) is 29.1 Å². The van der Waals surface area contributed by atoms with E-state index in [1.54, 1.807) is 0 Å². The van der Waals surface area contributed by atoms with Crippen molar-refractivity contribution < 1.29 is 19.1 Å². The summed E-state index contributed by atoms with van der Waals surface area (Å²) in [6, 6.07) is 0. The molecule has 4 nitrogen and oxygen atoms in total. The molecule has 22 heavy (non-hydrogen) atoms. The molecule has 2 aliphatic carbocycles. The molecule has 4 rings (SSSR count). The zero-order valence-corrected chi connectivity index (χ0v) is 13.5. The molecule has 3 unspecified atom stereocenters. The molecule has 0 aromatic heterocycles. The van der Waals surface area contributed by atoms with Crippen LogP contribution in [0.15, 0.2) is 0 Å². The molecule has 7 atom stereocenters. The molecule has 0 radical (unpaired) electrons. The highest BCUT2D eigenvalue weighted by Gasteiger charge is 2.52. The van der Waals surface area contributed by atoms with E-state index in [0.717, 1.165) is 44.9 Å². The smallest absolute Gasteiger partial charge is 0.312 e. The van der Waals surface area contributed by atoms with Gasteiger partial charge in [0.1, 0.15) is 12.2 Å². The van der Waals surface area contributed by atoms with Crippen LogP contribution in [0.25, 0.3) is 0 Å². The summed E-state index contributed by atoms with van der Waals surface area (Å²) in [5.74, 6) is 1.61. The van der Waals surface area contributed by atoms with Crippen molar-refractivity contribution in [3.63, 3.8) is 0 Å². The van der Waals surface area contributed by atoms with Gasteiger partial charge in [0.05, 0.1) is 11.3 Å². The molecule has 2 heterocycles. The van der Waals surface area contributed by atoms with E-state index in [0.29, 0.717) is 17.8 Å². The fourth-order valence-corrected chi connectivity index (χ4v) is 5.24. The number of esters is 2. The summed E-state index contributed by atoms with van der Waals surface area (Å²) in [6.07, 6.45) is 7.42. The molecular weight excluding hydrogens is 280 g/mol. The predicted molar refractivity (Wildman–Crippen MR) is 79.8 cm³/mol. The number of hydrogen-bond acceptors (Lipinski definition) is 4. The second-order valence-electron chi connectivity index (χ2n) is 8.38. The Morgan fingerprint density at radius 1 is 1.09 bits per heavy atom. The molecular formula is C18H26O4. The van der Waals surface area contributed by atoms with Crippen LogP contribution in [0, 0.1) is 29.1 Å². The second-order valence-corrected chi connectivity index (χ2v) is 8.38. The Kier molecular flexibility index (Phi) is 3.28. The highest BCUT2D eigenvalue weighted by Crippen LogP contribution is 2.50. The third kappa shape index (κ3) is 2.17. The topological polar surface area (TPSA) is 52.6 Å². The number of carbonyl (C=O) groups excluding carboxylic acids is 2. The van der Waals surface area contributed by atoms with E-state index in [9.17, 15) is 9.59 Å². The summed E-state index contributed by atoms with van der Waals surface area (Å²) < 4.78 is 11.1. The first-order valence-corrected chi connectivity index (χ1v) is 8.88. The van der Waals surface area contributed by atoms with Gasteiger partial charge in [-0.05, 0) is 63.2 Å². The first-order valence-electron chi connectivity index (χ1n) is 8.88. The van der Waals surface area contributed by atoms with Gasteiger partial charge in [-0.3, -0.25) is 9.59 Å². The van der Waals surface area contributed by atoms with Crippen LogP contribution in [0.4, 0.5) is 0 Å². The van der Waals surface area contributed by atoms with Crippen LogP contribution in [-0.2, 0) is 19.1 Å². The minimum Gasteiger partial charge on any atom is -0.462 e. The van der Waals surface area contributed by atoms with Crippen LogP contribution in [0.1, 0.15) is 58.8 Å². The summed E-state index contributed by atoms with van der Waals surface area (Å²) in [4.78, 5) is 23.9. The van der Waals surface area contributed by atoms with E-state index >= 15 is 0 Å². The molecule has 0 amide bonds. The van der Waals surface area contributed by atoms with Gasteiger partial charge in [0.2, 0.25) is 0 Å². The molecule has 0 aromatic carbocycles. The molecule has 2 saturated heterocycles. The Bertz CT molecular complexity index is 501. The normalized spacial score (nSPS) is 49.9. The van der Waals surface area contributed by atoms with E-state index < -0.39 is 0 Å². The lowest BCUT2D eigenvalue weighted by molar-refractivity contribution is -0.147. The van der Waals surface area contributed by atoms with E-state index in [1.165, 1.54) is 0 Å². The minimum absolute atomic E-state index is 0.00787. The maximum absolute atomic E-state index is 12.0. The summed E-state index contributed by atoms with van der Waals surface area (Å²) >= 11 is 0. The van der Waals surface area contributed by atoms with Crippen molar-refractivity contribution in [3.8, 4) is 0 Å². The lowest BCUT2D eigenvalue weighted by Crippen LogP contribution is -2.32. The Hall–Kier alpha value is -1.06. The van der Waals surface area contributed by atoms with Crippen LogP contribution >= 0.6 is 0 Å². The quantitative estimate of drug-likeness (QED) is 0.752. The molecule has 4 heteroatoms. The number of fused-ring (bicyclic) bond motifs is 4. The van der Waals surface area contributed by atoms with E-state index in [-0.39, 0.29) is 35.5 Å². The maximum atomic E-state index is 12.0. The zero-order chi connectivity index (χ0) is 15.5. The van der Waals surface area contributed by atoms with Gasteiger partial charge < -0.3 is 9.47 Å². The minimum atomic E-state index is -0.219. The fourth-order valence-electron chi connectivity index (χ4n) is 5.24. The molecule has 4 fully saturated rings. The number of ether oxygens (including phenoxy) is 2. The molecule has 0 N–H and O–H groups in total. The summed E-state index contributed by atoms with van der Waals surface area (Å²) in [7, 11) is 0. The third-order valence-corrected chi connectivity index (χ3v) is 6.84. The van der Waals surface area contributed by atoms with E-state index in [1.807, 2.05) is 6.92 Å². The van der Waals surface area contributed by atoms with E-state index in [2.05, 4.69) is 6.92 Å². The van der Waals surface area contributed by atoms with Gasteiger partial charge in [-0.1, -0.05) is 6.92 Å². The van der Waals surface area contributed by atoms with Crippen molar-refractivity contribution in [1.82, 2.24) is 0 Å². The molecule has 4 bridgehead atoms. The fraction of sp³-hybridized carbons (Fsp3) is 0.889. The summed E-state index contributed by atoms with van der Waals surface area (Å²) in [6.45, 7) is 4.25. The van der Waals surface area contributed by atoms with E-state index in [4.69, 9.17) is 9.47 Å². The number of hydrogen-bond donors (Lipinski definition) is 0. The van der Waals surface area contributed by atoms with Crippen LogP contribution in [-0.4, -0.2) is 24.1 Å². The van der Waals surface area contributed by atoms with Gasteiger partial charge in [0.25, 0.3) is 0 Å². The Morgan fingerprint density at radius 2 is 1.86 bits per heavy atom. The number of rotatable bonds is 3. The molecule has 2 aliphatic heterocycles. The van der Waals surface area contributed by atoms with Gasteiger partial charge in [0.15, 0.2) is 0 Å². The van der Waals surface area contributed by atoms with Crippen LogP contribution < -0.4 is 0 Å². The van der Waals surface area contributed by atoms with Crippen molar-refractivity contribution in [3.05, 3.63) is 0 Å². The highest BCUT2D eigenvalue weighted by atomic mass is 16.6. The van der Waals surface area contributed by atoms with Gasteiger partial charge in [-0.15, -0.1) is 0 Å². The average molecular weight is 306 g/mol. The first-order chi connectivity index (χ1) is 10.5. The van der Waals surface area contributed by atoms with Crippen molar-refractivity contribution >= 4 is 11.9 Å². The Balaban J connectivity index is 1.37. The molecule has 4 aliphatic rings. The highest BCUT2D eigenvalue weighted by molar-refractivity contribution is 5.79. The Morgan fingerprint density at radius 3 is 2.68 bits per heavy atom. The van der Waals surface area contributed by atoms with Gasteiger partial charge in [-0.25, -0.2) is 0 Å². The maximum Gasteiger partial charge on any atom is 0.312 e. The Labute approximate surface area is 131 Å². The van der Waals surface area contributed by atoms with Gasteiger partial charge in [0, 0.05) is 6.42 Å². The first kappa shape index (κ1) is 14.5. The van der Waals surface area contributed by atoms with Crippen molar-refractivity contribution in [2.75, 3.05) is 0 Å². The van der Waals surface area contributed by atoms with Crippen molar-refractivity contribution in [2.45, 2.75) is 71.0 Å². The lowest BCUT2D eigenvalue weighted by atomic mass is 9.68. The van der Waals surface area contributed by atoms with Crippen molar-refractivity contribution in [1.29, 1.82) is 0 Å². The third-order valence-electron chi connectivity index (χ3n) is 6.84. The van der Waals surface area contributed by atoms with Crippen LogP contribution in [0.5, 0.6) is 0 Å². The molecule has 0 aromatic rings. The predicted octanol–water partition coefficient (Wildman–Crippen LogP) is 3.09. The largest absolute Gasteiger partial charge is 0.462 e. The van der Waals surface area contributed by atoms with Crippen LogP contribution in [0.3, 0.4) is 0 Å². The number of carbonyl (C=O) groups is 2. The second kappa shape index (κ2) is 4.97. The molecule has 0 spiro atoms. The standard InChI is InChI=1S/C18H26O4/c1-10-7-12(13-8-14(10)21-16(13)19)4-3-11-5-6-18(2)9-15(11)22-17(18)20/h10-15H,3-9H2,1-2H3/t10-,11-,12+,13?,14?,15?,18-/m1/s1.